The predicted octanol–water partition coefficient (Wildman–Crippen LogP) is 2.89. The van der Waals surface area contributed by atoms with E-state index >= 15 is 0 Å². The van der Waals surface area contributed by atoms with E-state index in [2.05, 4.69) is 33.2 Å². The molecule has 0 saturated carbocycles. The average Bonchev–Trinajstić information content (AvgIpc) is 2.48. The third-order valence-corrected chi connectivity index (χ3v) is 3.19. The first-order valence-corrected chi connectivity index (χ1v) is 6.19. The first-order chi connectivity index (χ1) is 7.81. The Balaban J connectivity index is 2.26. The zero-order valence-corrected chi connectivity index (χ0v) is 10.6. The van der Waals surface area contributed by atoms with Gasteiger partial charge < -0.3 is 4.74 Å². The Hall–Kier alpha value is -0.980. The van der Waals surface area contributed by atoms with Crippen LogP contribution in [-0.4, -0.2) is 13.2 Å². The molecule has 1 aliphatic rings. The molecule has 1 unspecified atom stereocenters. The Kier molecular flexibility index (Phi) is 3.87. The summed E-state index contributed by atoms with van der Waals surface area (Å²) in [6.07, 6.45) is 7.39. The lowest BCUT2D eigenvalue weighted by atomic mass is 10.0. The highest BCUT2D eigenvalue weighted by molar-refractivity contribution is 9.10. The van der Waals surface area contributed by atoms with Gasteiger partial charge in [0.05, 0.1) is 13.2 Å². The van der Waals surface area contributed by atoms with Gasteiger partial charge in [0.15, 0.2) is 0 Å². The van der Waals surface area contributed by atoms with Gasteiger partial charge in [-0.15, -0.1) is 6.42 Å². The Morgan fingerprint density at radius 1 is 1.56 bits per heavy atom. The van der Waals surface area contributed by atoms with E-state index in [1.165, 1.54) is 5.56 Å². The normalized spacial score (nSPS) is 19.1. The fourth-order valence-electron chi connectivity index (χ4n) is 1.94. The van der Waals surface area contributed by atoms with Crippen LogP contribution < -0.4 is 10.1 Å². The largest absolute Gasteiger partial charge is 0.493 e. The van der Waals surface area contributed by atoms with E-state index in [1.54, 1.807) is 0 Å². The molecule has 0 aromatic heterocycles. The fraction of sp³-hybridized carbons (Fsp3) is 0.385. The van der Waals surface area contributed by atoms with Gasteiger partial charge in [0.2, 0.25) is 0 Å². The highest BCUT2D eigenvalue weighted by Crippen LogP contribution is 2.33. The van der Waals surface area contributed by atoms with Crippen molar-refractivity contribution in [2.75, 3.05) is 13.2 Å². The van der Waals surface area contributed by atoms with Gasteiger partial charge in [0.25, 0.3) is 0 Å². The van der Waals surface area contributed by atoms with Crippen molar-refractivity contribution in [3.05, 3.63) is 28.2 Å². The Labute approximate surface area is 105 Å². The summed E-state index contributed by atoms with van der Waals surface area (Å²) < 4.78 is 6.76. The van der Waals surface area contributed by atoms with Gasteiger partial charge in [-0.05, 0) is 25.0 Å². The minimum atomic E-state index is 0.307. The van der Waals surface area contributed by atoms with E-state index in [4.69, 9.17) is 11.2 Å². The van der Waals surface area contributed by atoms with Crippen LogP contribution in [0.3, 0.4) is 0 Å². The molecular formula is C13H14BrNO. The van der Waals surface area contributed by atoms with Crippen molar-refractivity contribution in [3.63, 3.8) is 0 Å². The third kappa shape index (κ3) is 2.58. The van der Waals surface area contributed by atoms with Crippen LogP contribution in [0.2, 0.25) is 0 Å². The minimum absolute atomic E-state index is 0.307. The highest BCUT2D eigenvalue weighted by atomic mass is 79.9. The van der Waals surface area contributed by atoms with E-state index in [-0.39, 0.29) is 0 Å². The summed E-state index contributed by atoms with van der Waals surface area (Å²) in [6, 6.07) is 6.46. The lowest BCUT2D eigenvalue weighted by Gasteiger charge is -2.17. The molecule has 0 fully saturated rings. The van der Waals surface area contributed by atoms with Crippen molar-refractivity contribution in [3.8, 4) is 18.1 Å². The number of halogens is 1. The number of hydrogen-bond acceptors (Lipinski definition) is 2. The summed E-state index contributed by atoms with van der Waals surface area (Å²) in [5.74, 6) is 3.58. The predicted molar refractivity (Wildman–Crippen MR) is 68.4 cm³/mol. The molecule has 2 rings (SSSR count). The van der Waals surface area contributed by atoms with Crippen molar-refractivity contribution in [1.29, 1.82) is 0 Å². The number of benzene rings is 1. The SMILES string of the molecule is C#CCNC1CCCOc2cc(Br)ccc21. The molecule has 1 aromatic carbocycles. The molecule has 1 aromatic rings. The van der Waals surface area contributed by atoms with Gasteiger partial charge >= 0.3 is 0 Å². The Morgan fingerprint density at radius 2 is 2.44 bits per heavy atom. The van der Waals surface area contributed by atoms with E-state index in [9.17, 15) is 0 Å². The number of rotatable bonds is 2. The summed E-state index contributed by atoms with van der Waals surface area (Å²) in [5, 5.41) is 3.36. The lowest BCUT2D eigenvalue weighted by Crippen LogP contribution is -2.21. The maximum Gasteiger partial charge on any atom is 0.125 e. The molecule has 2 nitrogen and oxygen atoms in total. The molecule has 84 valence electrons. The van der Waals surface area contributed by atoms with Gasteiger partial charge in [-0.1, -0.05) is 27.9 Å². The molecule has 0 aliphatic carbocycles. The minimum Gasteiger partial charge on any atom is -0.493 e. The van der Waals surface area contributed by atoms with Gasteiger partial charge in [-0.2, -0.15) is 0 Å². The molecule has 1 heterocycles. The first-order valence-electron chi connectivity index (χ1n) is 5.40. The fourth-order valence-corrected chi connectivity index (χ4v) is 2.28. The Bertz CT molecular complexity index is 411. The third-order valence-electron chi connectivity index (χ3n) is 2.70. The monoisotopic (exact) mass is 279 g/mol. The van der Waals surface area contributed by atoms with Crippen molar-refractivity contribution in [1.82, 2.24) is 5.32 Å². The second-order valence-electron chi connectivity index (χ2n) is 3.81. The molecule has 0 bridgehead atoms. The summed E-state index contributed by atoms with van der Waals surface area (Å²) in [7, 11) is 0. The second-order valence-corrected chi connectivity index (χ2v) is 4.73. The summed E-state index contributed by atoms with van der Waals surface area (Å²) in [6.45, 7) is 1.37. The van der Waals surface area contributed by atoms with Gasteiger partial charge in [0, 0.05) is 16.1 Å². The topological polar surface area (TPSA) is 21.3 Å². The average molecular weight is 280 g/mol. The highest BCUT2D eigenvalue weighted by Gasteiger charge is 2.18. The number of nitrogens with one attached hydrogen (secondary N) is 1. The van der Waals surface area contributed by atoms with Crippen molar-refractivity contribution in [2.45, 2.75) is 18.9 Å². The second kappa shape index (κ2) is 5.38. The maximum absolute atomic E-state index is 5.72. The quantitative estimate of drug-likeness (QED) is 0.841. The Morgan fingerprint density at radius 3 is 3.25 bits per heavy atom. The van der Waals surface area contributed by atoms with Crippen LogP contribution in [0, 0.1) is 12.3 Å². The molecule has 0 saturated heterocycles. The van der Waals surface area contributed by atoms with Gasteiger partial charge in [0.1, 0.15) is 5.75 Å². The zero-order chi connectivity index (χ0) is 11.4. The molecule has 1 atom stereocenters. The molecule has 1 aliphatic heterocycles. The van der Waals surface area contributed by atoms with Crippen LogP contribution in [-0.2, 0) is 0 Å². The molecule has 3 heteroatoms. The maximum atomic E-state index is 5.72. The van der Waals surface area contributed by atoms with Crippen molar-refractivity contribution < 1.29 is 4.74 Å². The van der Waals surface area contributed by atoms with Crippen molar-refractivity contribution in [2.24, 2.45) is 0 Å². The van der Waals surface area contributed by atoms with Gasteiger partial charge in [-0.3, -0.25) is 5.32 Å². The first kappa shape index (κ1) is 11.5. The molecule has 0 radical (unpaired) electrons. The van der Waals surface area contributed by atoms with Crippen LogP contribution in [0.1, 0.15) is 24.4 Å². The number of terminal acetylenes is 1. The van der Waals surface area contributed by atoms with Crippen LogP contribution in [0.4, 0.5) is 0 Å². The zero-order valence-electron chi connectivity index (χ0n) is 9.00. The molecule has 16 heavy (non-hydrogen) atoms. The number of ether oxygens (including phenoxy) is 1. The summed E-state index contributed by atoms with van der Waals surface area (Å²) >= 11 is 3.46. The van der Waals surface area contributed by atoms with Crippen LogP contribution in [0.15, 0.2) is 22.7 Å². The van der Waals surface area contributed by atoms with E-state index in [0.717, 1.165) is 29.7 Å². The van der Waals surface area contributed by atoms with Crippen LogP contribution in [0.25, 0.3) is 0 Å². The smallest absolute Gasteiger partial charge is 0.125 e. The molecule has 0 amide bonds. The standard InChI is InChI=1S/C13H14BrNO/c1-2-7-15-12-4-3-8-16-13-9-10(14)5-6-11(12)13/h1,5-6,9,12,15H,3-4,7-8H2. The molecular weight excluding hydrogens is 266 g/mol. The van der Waals surface area contributed by atoms with Gasteiger partial charge in [-0.25, -0.2) is 0 Å². The van der Waals surface area contributed by atoms with Crippen LogP contribution in [0.5, 0.6) is 5.75 Å². The van der Waals surface area contributed by atoms with Crippen molar-refractivity contribution >= 4 is 15.9 Å². The number of fused-ring (bicyclic) bond motifs is 1. The molecule has 1 N–H and O–H groups in total. The summed E-state index contributed by atoms with van der Waals surface area (Å²) in [5.41, 5.74) is 1.20. The van der Waals surface area contributed by atoms with E-state index < -0.39 is 0 Å². The summed E-state index contributed by atoms with van der Waals surface area (Å²) in [4.78, 5) is 0. The van der Waals surface area contributed by atoms with Crippen LogP contribution >= 0.6 is 15.9 Å². The van der Waals surface area contributed by atoms with E-state index in [1.807, 2.05) is 12.1 Å². The van der Waals surface area contributed by atoms with E-state index in [0.29, 0.717) is 12.6 Å². The number of hydrogen-bond donors (Lipinski definition) is 1. The molecule has 0 spiro atoms. The lowest BCUT2D eigenvalue weighted by molar-refractivity contribution is 0.315.